The molecule has 2 rings (SSSR count). The molecule has 0 saturated heterocycles. The van der Waals surface area contributed by atoms with E-state index in [0.29, 0.717) is 22.9 Å². The average molecular weight is 364 g/mol. The molecular formula is C20H26ClNOS. The van der Waals surface area contributed by atoms with Crippen LogP contribution in [-0.4, -0.2) is 22.9 Å². The van der Waals surface area contributed by atoms with Gasteiger partial charge in [0.2, 0.25) is 0 Å². The summed E-state index contributed by atoms with van der Waals surface area (Å²) in [5.41, 5.74) is 2.15. The summed E-state index contributed by atoms with van der Waals surface area (Å²) in [5, 5.41) is 14.9. The lowest BCUT2D eigenvalue weighted by molar-refractivity contribution is 0.170. The topological polar surface area (TPSA) is 32.3 Å². The molecule has 0 radical (unpaired) electrons. The lowest BCUT2D eigenvalue weighted by Crippen LogP contribution is -2.32. The fraction of sp³-hybridized carbons (Fsp3) is 0.400. The molecule has 0 bridgehead atoms. The van der Waals surface area contributed by atoms with Gasteiger partial charge < -0.3 is 10.4 Å². The van der Waals surface area contributed by atoms with E-state index in [4.69, 9.17) is 11.6 Å². The first-order chi connectivity index (χ1) is 11.4. The average Bonchev–Trinajstić information content (AvgIpc) is 2.54. The van der Waals surface area contributed by atoms with E-state index in [1.807, 2.05) is 36.0 Å². The zero-order valence-corrected chi connectivity index (χ0v) is 16.1. The van der Waals surface area contributed by atoms with Gasteiger partial charge in [0.25, 0.3) is 0 Å². The smallest absolute Gasteiger partial charge is 0.0914 e. The van der Waals surface area contributed by atoms with Crippen molar-refractivity contribution in [1.82, 2.24) is 5.32 Å². The highest BCUT2D eigenvalue weighted by molar-refractivity contribution is 7.99. The standard InChI is InChI=1S/C20H26ClNOS/c1-14(2)24-19-9-7-16(8-10-19)11-15(3)22-13-20(23)17-5-4-6-18(21)12-17/h4-10,12,14-15,20,22-23H,11,13H2,1-3H3. The number of hydrogen-bond acceptors (Lipinski definition) is 3. The first-order valence-corrected chi connectivity index (χ1v) is 9.62. The second kappa shape index (κ2) is 9.47. The third-order valence-corrected chi connectivity index (χ3v) is 4.98. The second-order valence-corrected chi connectivity index (χ2v) is 8.48. The zero-order valence-electron chi connectivity index (χ0n) is 14.5. The van der Waals surface area contributed by atoms with Crippen LogP contribution >= 0.6 is 23.4 Å². The minimum atomic E-state index is -0.545. The number of benzene rings is 2. The Labute approximate surface area is 154 Å². The van der Waals surface area contributed by atoms with E-state index in [1.165, 1.54) is 10.5 Å². The first kappa shape index (κ1) is 19.3. The van der Waals surface area contributed by atoms with Crippen molar-refractivity contribution in [2.45, 2.75) is 49.5 Å². The maximum absolute atomic E-state index is 10.3. The summed E-state index contributed by atoms with van der Waals surface area (Å²) < 4.78 is 0. The quantitative estimate of drug-likeness (QED) is 0.640. The van der Waals surface area contributed by atoms with E-state index in [-0.39, 0.29) is 0 Å². The summed E-state index contributed by atoms with van der Waals surface area (Å²) in [5.74, 6) is 0. The van der Waals surface area contributed by atoms with Crippen LogP contribution in [0.5, 0.6) is 0 Å². The van der Waals surface area contributed by atoms with Gasteiger partial charge in [0.15, 0.2) is 0 Å². The summed E-state index contributed by atoms with van der Waals surface area (Å²) in [4.78, 5) is 1.31. The van der Waals surface area contributed by atoms with Crippen LogP contribution in [0.2, 0.25) is 5.02 Å². The molecule has 0 spiro atoms. The Morgan fingerprint density at radius 3 is 2.42 bits per heavy atom. The number of rotatable bonds is 8. The van der Waals surface area contributed by atoms with Crippen molar-refractivity contribution in [2.75, 3.05) is 6.54 Å². The van der Waals surface area contributed by atoms with E-state index >= 15 is 0 Å². The van der Waals surface area contributed by atoms with Crippen LogP contribution in [0.3, 0.4) is 0 Å². The molecule has 0 saturated carbocycles. The predicted molar refractivity (Wildman–Crippen MR) is 105 cm³/mol. The Morgan fingerprint density at radius 2 is 1.79 bits per heavy atom. The maximum Gasteiger partial charge on any atom is 0.0914 e. The number of aliphatic hydroxyl groups is 1. The molecule has 2 nitrogen and oxygen atoms in total. The van der Waals surface area contributed by atoms with Gasteiger partial charge in [-0.15, -0.1) is 11.8 Å². The fourth-order valence-electron chi connectivity index (χ4n) is 2.55. The number of hydrogen-bond donors (Lipinski definition) is 2. The minimum Gasteiger partial charge on any atom is -0.387 e. The molecule has 0 fully saturated rings. The largest absolute Gasteiger partial charge is 0.387 e. The van der Waals surface area contributed by atoms with Gasteiger partial charge in [-0.2, -0.15) is 0 Å². The summed E-state index contributed by atoms with van der Waals surface area (Å²) in [6.45, 7) is 7.07. The Balaban J connectivity index is 1.81. The van der Waals surface area contributed by atoms with Crippen molar-refractivity contribution in [1.29, 1.82) is 0 Å². The van der Waals surface area contributed by atoms with Gasteiger partial charge in [0, 0.05) is 27.8 Å². The maximum atomic E-state index is 10.3. The molecule has 0 amide bonds. The van der Waals surface area contributed by atoms with Crippen LogP contribution in [0.1, 0.15) is 38.0 Å². The van der Waals surface area contributed by atoms with Crippen molar-refractivity contribution in [3.63, 3.8) is 0 Å². The molecule has 0 aliphatic heterocycles. The van der Waals surface area contributed by atoms with Gasteiger partial charge in [-0.1, -0.05) is 49.7 Å². The summed E-state index contributed by atoms with van der Waals surface area (Å²) in [6.07, 6.45) is 0.394. The number of halogens is 1. The SMILES string of the molecule is CC(Cc1ccc(SC(C)C)cc1)NCC(O)c1cccc(Cl)c1. The highest BCUT2D eigenvalue weighted by atomic mass is 35.5. The molecule has 24 heavy (non-hydrogen) atoms. The minimum absolute atomic E-state index is 0.294. The van der Waals surface area contributed by atoms with Crippen LogP contribution in [0.15, 0.2) is 53.4 Å². The molecule has 2 aromatic rings. The lowest BCUT2D eigenvalue weighted by Gasteiger charge is -2.18. The third kappa shape index (κ3) is 6.48. The van der Waals surface area contributed by atoms with Crippen molar-refractivity contribution >= 4 is 23.4 Å². The third-order valence-electron chi connectivity index (χ3n) is 3.73. The van der Waals surface area contributed by atoms with Crippen LogP contribution in [-0.2, 0) is 6.42 Å². The highest BCUT2D eigenvalue weighted by Gasteiger charge is 2.10. The Bertz CT molecular complexity index is 630. The Morgan fingerprint density at radius 1 is 1.08 bits per heavy atom. The van der Waals surface area contributed by atoms with E-state index in [0.717, 1.165) is 12.0 Å². The molecule has 0 aliphatic rings. The van der Waals surface area contributed by atoms with Crippen molar-refractivity contribution < 1.29 is 5.11 Å². The van der Waals surface area contributed by atoms with E-state index in [2.05, 4.69) is 50.4 Å². The van der Waals surface area contributed by atoms with Crippen LogP contribution < -0.4 is 5.32 Å². The molecule has 2 aromatic carbocycles. The molecule has 2 N–H and O–H groups in total. The number of thioether (sulfide) groups is 1. The molecule has 4 heteroatoms. The first-order valence-electron chi connectivity index (χ1n) is 8.36. The lowest BCUT2D eigenvalue weighted by atomic mass is 10.1. The van der Waals surface area contributed by atoms with Crippen LogP contribution in [0, 0.1) is 0 Å². The molecule has 0 aliphatic carbocycles. The van der Waals surface area contributed by atoms with Gasteiger partial charge in [-0.3, -0.25) is 0 Å². The van der Waals surface area contributed by atoms with Crippen LogP contribution in [0.25, 0.3) is 0 Å². The number of aliphatic hydroxyl groups excluding tert-OH is 1. The monoisotopic (exact) mass is 363 g/mol. The second-order valence-electron chi connectivity index (χ2n) is 6.39. The Hall–Kier alpha value is -1.00. The van der Waals surface area contributed by atoms with Gasteiger partial charge in [0.1, 0.15) is 0 Å². The van der Waals surface area contributed by atoms with Crippen molar-refractivity contribution in [3.05, 3.63) is 64.7 Å². The van der Waals surface area contributed by atoms with Gasteiger partial charge >= 0.3 is 0 Å². The summed E-state index contributed by atoms with van der Waals surface area (Å²) >= 11 is 7.85. The van der Waals surface area contributed by atoms with E-state index in [9.17, 15) is 5.11 Å². The normalized spacial score (nSPS) is 13.9. The molecular weight excluding hydrogens is 338 g/mol. The van der Waals surface area contributed by atoms with E-state index < -0.39 is 6.10 Å². The molecule has 0 heterocycles. The highest BCUT2D eigenvalue weighted by Crippen LogP contribution is 2.23. The summed E-state index contributed by atoms with van der Waals surface area (Å²) in [7, 11) is 0. The summed E-state index contributed by atoms with van der Waals surface area (Å²) in [6, 6.07) is 16.4. The van der Waals surface area contributed by atoms with E-state index in [1.54, 1.807) is 0 Å². The van der Waals surface area contributed by atoms with Crippen molar-refractivity contribution in [3.8, 4) is 0 Å². The fourth-order valence-corrected chi connectivity index (χ4v) is 3.58. The number of nitrogens with one attached hydrogen (secondary N) is 1. The Kier molecular flexibility index (Phi) is 7.63. The van der Waals surface area contributed by atoms with Gasteiger partial charge in [-0.05, 0) is 48.7 Å². The van der Waals surface area contributed by atoms with Crippen molar-refractivity contribution in [2.24, 2.45) is 0 Å². The molecule has 2 unspecified atom stereocenters. The molecule has 2 atom stereocenters. The van der Waals surface area contributed by atoms with Crippen LogP contribution in [0.4, 0.5) is 0 Å². The predicted octanol–water partition coefficient (Wildman–Crippen LogP) is 5.09. The molecule has 130 valence electrons. The molecule has 0 aromatic heterocycles. The van der Waals surface area contributed by atoms with Gasteiger partial charge in [0.05, 0.1) is 6.10 Å². The zero-order chi connectivity index (χ0) is 17.5. The van der Waals surface area contributed by atoms with Gasteiger partial charge in [-0.25, -0.2) is 0 Å².